The number of aliphatic hydroxyl groups excluding tert-OH is 1. The van der Waals surface area contributed by atoms with Crippen LogP contribution in [-0.2, 0) is 5.41 Å². The molecule has 0 amide bonds. The second kappa shape index (κ2) is 7.45. The van der Waals surface area contributed by atoms with Crippen LogP contribution < -0.4 is 0 Å². The summed E-state index contributed by atoms with van der Waals surface area (Å²) in [4.78, 5) is 0. The van der Waals surface area contributed by atoms with Crippen LogP contribution in [-0.4, -0.2) is 11.7 Å². The average Bonchev–Trinajstić information content (AvgIpc) is 2.54. The van der Waals surface area contributed by atoms with Gasteiger partial charge in [0, 0.05) is 5.02 Å². The van der Waals surface area contributed by atoms with Crippen molar-refractivity contribution in [3.8, 4) is 0 Å². The van der Waals surface area contributed by atoms with Crippen molar-refractivity contribution >= 4 is 11.6 Å². The molecule has 1 N–H and O–H groups in total. The van der Waals surface area contributed by atoms with Crippen molar-refractivity contribution in [2.24, 2.45) is 11.3 Å². The van der Waals surface area contributed by atoms with E-state index < -0.39 is 0 Å². The van der Waals surface area contributed by atoms with E-state index in [-0.39, 0.29) is 17.4 Å². The molecule has 1 nitrogen and oxygen atoms in total. The topological polar surface area (TPSA) is 20.2 Å². The third-order valence-corrected chi connectivity index (χ3v) is 5.88. The molecule has 1 unspecified atom stereocenters. The summed E-state index contributed by atoms with van der Waals surface area (Å²) in [5, 5.41) is 10.4. The molecular formula is C22H31ClO. The van der Waals surface area contributed by atoms with E-state index in [4.69, 9.17) is 11.6 Å². The number of benzene rings is 1. The molecule has 0 bridgehead atoms. The Morgan fingerprint density at radius 2 is 1.62 bits per heavy atom. The molecule has 0 saturated carbocycles. The number of rotatable bonds is 6. The molecule has 1 aliphatic carbocycles. The van der Waals surface area contributed by atoms with Crippen molar-refractivity contribution in [1.29, 1.82) is 0 Å². The SMILES string of the molecule is CC1CC=C(C(C)(C)CCC(C)(C)c2ccc(Cl)cc2)C=C1CO. The van der Waals surface area contributed by atoms with Crippen LogP contribution in [0.3, 0.4) is 0 Å². The van der Waals surface area contributed by atoms with Gasteiger partial charge in [-0.3, -0.25) is 0 Å². The lowest BCUT2D eigenvalue weighted by Gasteiger charge is -2.34. The minimum Gasteiger partial charge on any atom is -0.392 e. The largest absolute Gasteiger partial charge is 0.392 e. The Morgan fingerprint density at radius 1 is 1.04 bits per heavy atom. The summed E-state index contributed by atoms with van der Waals surface area (Å²) in [6.07, 6.45) is 7.84. The van der Waals surface area contributed by atoms with Crippen molar-refractivity contribution in [1.82, 2.24) is 0 Å². The fourth-order valence-electron chi connectivity index (χ4n) is 3.34. The number of allylic oxidation sites excluding steroid dienone is 3. The van der Waals surface area contributed by atoms with Crippen LogP contribution in [0.15, 0.2) is 47.6 Å². The molecule has 1 aromatic carbocycles. The van der Waals surface area contributed by atoms with Crippen molar-refractivity contribution < 1.29 is 5.11 Å². The van der Waals surface area contributed by atoms with E-state index in [0.29, 0.717) is 5.92 Å². The highest BCUT2D eigenvalue weighted by Gasteiger charge is 2.29. The summed E-state index contributed by atoms with van der Waals surface area (Å²) < 4.78 is 0. The molecule has 0 saturated heterocycles. The molecule has 1 atom stereocenters. The minimum atomic E-state index is 0.115. The predicted octanol–water partition coefficient (Wildman–Crippen LogP) is 6.31. The number of aliphatic hydroxyl groups is 1. The molecular weight excluding hydrogens is 316 g/mol. The van der Waals surface area contributed by atoms with Gasteiger partial charge in [-0.2, -0.15) is 0 Å². The normalized spacial score (nSPS) is 19.0. The molecule has 0 heterocycles. The maximum atomic E-state index is 9.57. The zero-order chi connectivity index (χ0) is 18.0. The van der Waals surface area contributed by atoms with Gasteiger partial charge in [-0.1, -0.05) is 70.5 Å². The lowest BCUT2D eigenvalue weighted by Crippen LogP contribution is -2.24. The molecule has 0 aromatic heterocycles. The lowest BCUT2D eigenvalue weighted by atomic mass is 9.70. The van der Waals surface area contributed by atoms with E-state index in [1.165, 1.54) is 11.1 Å². The molecule has 1 aliphatic rings. The highest BCUT2D eigenvalue weighted by atomic mass is 35.5. The van der Waals surface area contributed by atoms with Crippen LogP contribution in [0.4, 0.5) is 0 Å². The first-order chi connectivity index (χ1) is 11.2. The summed E-state index contributed by atoms with van der Waals surface area (Å²) in [5.74, 6) is 0.458. The van der Waals surface area contributed by atoms with Gasteiger partial charge in [0.25, 0.3) is 0 Å². The van der Waals surface area contributed by atoms with Crippen molar-refractivity contribution in [2.75, 3.05) is 6.61 Å². The standard InChI is InChI=1S/C22H31ClO/c1-16-6-7-19(14-17(16)15-24)22(4,5)13-12-21(2,3)18-8-10-20(23)11-9-18/h7-11,14,16,24H,6,12-13,15H2,1-5H3. The van der Waals surface area contributed by atoms with Gasteiger partial charge in [-0.15, -0.1) is 0 Å². The smallest absolute Gasteiger partial charge is 0.0647 e. The number of hydrogen-bond acceptors (Lipinski definition) is 1. The number of hydrogen-bond donors (Lipinski definition) is 1. The quantitative estimate of drug-likeness (QED) is 0.640. The second-order valence-corrected chi connectivity index (χ2v) is 8.88. The Labute approximate surface area is 152 Å². The van der Waals surface area contributed by atoms with Crippen LogP contribution >= 0.6 is 11.6 Å². The van der Waals surface area contributed by atoms with Crippen LogP contribution in [0.5, 0.6) is 0 Å². The van der Waals surface area contributed by atoms with Gasteiger partial charge >= 0.3 is 0 Å². The summed E-state index contributed by atoms with van der Waals surface area (Å²) in [7, 11) is 0. The van der Waals surface area contributed by atoms with Gasteiger partial charge in [0.1, 0.15) is 0 Å². The van der Waals surface area contributed by atoms with Gasteiger partial charge in [-0.05, 0) is 64.9 Å². The molecule has 0 aliphatic heterocycles. The third-order valence-electron chi connectivity index (χ3n) is 5.63. The Kier molecular flexibility index (Phi) is 5.99. The molecule has 24 heavy (non-hydrogen) atoms. The Bertz CT molecular complexity index is 620. The van der Waals surface area contributed by atoms with Gasteiger partial charge in [0.05, 0.1) is 6.61 Å². The maximum Gasteiger partial charge on any atom is 0.0647 e. The van der Waals surface area contributed by atoms with Crippen LogP contribution in [0.25, 0.3) is 0 Å². The van der Waals surface area contributed by atoms with Crippen molar-refractivity contribution in [2.45, 2.75) is 59.3 Å². The van der Waals surface area contributed by atoms with Crippen molar-refractivity contribution in [3.05, 3.63) is 58.1 Å². The Hall–Kier alpha value is -1.05. The monoisotopic (exact) mass is 346 g/mol. The van der Waals surface area contributed by atoms with E-state index >= 15 is 0 Å². The van der Waals surface area contributed by atoms with Crippen LogP contribution in [0.2, 0.25) is 5.02 Å². The first kappa shape index (κ1) is 19.3. The summed E-state index contributed by atoms with van der Waals surface area (Å²) in [5.41, 5.74) is 4.10. The van der Waals surface area contributed by atoms with Gasteiger partial charge in [0.2, 0.25) is 0 Å². The van der Waals surface area contributed by atoms with Gasteiger partial charge < -0.3 is 5.11 Å². The van der Waals surface area contributed by atoms with E-state index in [0.717, 1.165) is 29.9 Å². The summed E-state index contributed by atoms with van der Waals surface area (Å²) >= 11 is 6.02. The molecule has 0 radical (unpaired) electrons. The first-order valence-corrected chi connectivity index (χ1v) is 9.31. The van der Waals surface area contributed by atoms with E-state index in [9.17, 15) is 5.11 Å². The van der Waals surface area contributed by atoms with Crippen LogP contribution in [0, 0.1) is 11.3 Å². The van der Waals surface area contributed by atoms with Crippen LogP contribution in [0.1, 0.15) is 59.4 Å². The first-order valence-electron chi connectivity index (χ1n) is 8.94. The summed E-state index contributed by atoms with van der Waals surface area (Å²) in [6.45, 7) is 11.6. The Balaban J connectivity index is 2.09. The van der Waals surface area contributed by atoms with Gasteiger partial charge in [-0.25, -0.2) is 0 Å². The highest BCUT2D eigenvalue weighted by Crippen LogP contribution is 2.41. The molecule has 132 valence electrons. The molecule has 0 fully saturated rings. The molecule has 2 rings (SSSR count). The predicted molar refractivity (Wildman–Crippen MR) is 105 cm³/mol. The number of halogens is 1. The zero-order valence-electron chi connectivity index (χ0n) is 15.7. The van der Waals surface area contributed by atoms with E-state index in [1.54, 1.807) is 0 Å². The maximum absolute atomic E-state index is 9.57. The van der Waals surface area contributed by atoms with Crippen molar-refractivity contribution in [3.63, 3.8) is 0 Å². The Morgan fingerprint density at radius 3 is 2.21 bits per heavy atom. The minimum absolute atomic E-state index is 0.115. The summed E-state index contributed by atoms with van der Waals surface area (Å²) in [6, 6.07) is 8.23. The average molecular weight is 347 g/mol. The van der Waals surface area contributed by atoms with E-state index in [1.807, 2.05) is 12.1 Å². The molecule has 0 spiro atoms. The van der Waals surface area contributed by atoms with Gasteiger partial charge in [0.15, 0.2) is 0 Å². The molecule has 2 heteroatoms. The zero-order valence-corrected chi connectivity index (χ0v) is 16.5. The fourth-order valence-corrected chi connectivity index (χ4v) is 3.47. The lowest BCUT2D eigenvalue weighted by molar-refractivity contribution is 0.309. The molecule has 1 aromatic rings. The third kappa shape index (κ3) is 4.52. The highest BCUT2D eigenvalue weighted by molar-refractivity contribution is 6.30. The fraction of sp³-hybridized carbons (Fsp3) is 0.545. The second-order valence-electron chi connectivity index (χ2n) is 8.45. The van der Waals surface area contributed by atoms with E-state index in [2.05, 4.69) is 58.9 Å².